The lowest BCUT2D eigenvalue weighted by Gasteiger charge is -2.33. The van der Waals surface area contributed by atoms with E-state index < -0.39 is 17.7 Å². The molecule has 8 nitrogen and oxygen atoms in total. The number of nitrogens with one attached hydrogen (secondary N) is 2. The van der Waals surface area contributed by atoms with Gasteiger partial charge in [-0.1, -0.05) is 19.1 Å². The number of carbonyl (C=O) groups excluding carboxylic acids is 1. The van der Waals surface area contributed by atoms with E-state index >= 15 is 0 Å². The van der Waals surface area contributed by atoms with Crippen LogP contribution in [-0.2, 0) is 4.79 Å². The molecule has 1 aromatic carbocycles. The lowest BCUT2D eigenvalue weighted by atomic mass is 9.79. The van der Waals surface area contributed by atoms with E-state index in [2.05, 4.69) is 22.2 Å². The van der Waals surface area contributed by atoms with E-state index in [0.29, 0.717) is 17.4 Å². The van der Waals surface area contributed by atoms with Gasteiger partial charge in [0.2, 0.25) is 11.9 Å². The Morgan fingerprint density at radius 2 is 1.89 bits per heavy atom. The third kappa shape index (κ3) is 3.09. The van der Waals surface area contributed by atoms with Gasteiger partial charge in [-0.15, -0.1) is 0 Å². The van der Waals surface area contributed by atoms with E-state index in [9.17, 15) is 20.0 Å². The molecule has 1 amide bonds. The first-order chi connectivity index (χ1) is 13.5. The van der Waals surface area contributed by atoms with Crippen molar-refractivity contribution in [2.45, 2.75) is 25.7 Å². The summed E-state index contributed by atoms with van der Waals surface area (Å²) in [5.74, 6) is -0.940. The van der Waals surface area contributed by atoms with Crippen molar-refractivity contribution in [3.05, 3.63) is 45.7 Å². The summed E-state index contributed by atoms with van der Waals surface area (Å²) < 4.78 is 0. The molecule has 0 radical (unpaired) electrons. The molecule has 3 heterocycles. The van der Waals surface area contributed by atoms with Crippen LogP contribution in [0.15, 0.2) is 29.1 Å². The van der Waals surface area contributed by atoms with Gasteiger partial charge < -0.3 is 15.3 Å². The Hall–Kier alpha value is -3.34. The first kappa shape index (κ1) is 18.0. The number of H-pyrrole nitrogens is 1. The van der Waals surface area contributed by atoms with Crippen molar-refractivity contribution >= 4 is 17.7 Å². The van der Waals surface area contributed by atoms with E-state index in [1.807, 2.05) is 11.0 Å². The number of amides is 1. The average Bonchev–Trinajstić information content (AvgIpc) is 2.68. The lowest BCUT2D eigenvalue weighted by Crippen LogP contribution is -2.40. The number of benzene rings is 1. The normalized spacial score (nSPS) is 22.3. The van der Waals surface area contributed by atoms with E-state index in [1.165, 1.54) is 12.1 Å². The molecule has 8 heteroatoms. The third-order valence-corrected chi connectivity index (χ3v) is 5.59. The highest BCUT2D eigenvalue weighted by molar-refractivity contribution is 5.98. The number of fused-ring (bicyclic) bond motifs is 1. The van der Waals surface area contributed by atoms with Crippen LogP contribution in [0.1, 0.15) is 36.8 Å². The molecule has 1 aromatic heterocycles. The fraction of sp³-hybridized carbons (Fsp3) is 0.400. The molecule has 1 fully saturated rings. The molecule has 2 unspecified atom stereocenters. The van der Waals surface area contributed by atoms with Gasteiger partial charge >= 0.3 is 0 Å². The van der Waals surface area contributed by atoms with Crippen LogP contribution in [0.25, 0.3) is 0 Å². The quantitative estimate of drug-likeness (QED) is 0.733. The zero-order valence-electron chi connectivity index (χ0n) is 15.5. The Balaban J connectivity index is 1.80. The van der Waals surface area contributed by atoms with E-state index in [-0.39, 0.29) is 22.7 Å². The van der Waals surface area contributed by atoms with E-state index in [0.717, 1.165) is 25.9 Å². The Kier molecular flexibility index (Phi) is 4.51. The fourth-order valence-electron chi connectivity index (χ4n) is 3.91. The number of nitrogens with zero attached hydrogens (tertiary/aromatic N) is 3. The van der Waals surface area contributed by atoms with E-state index in [4.69, 9.17) is 0 Å². The van der Waals surface area contributed by atoms with Crippen LogP contribution in [0.4, 0.5) is 11.8 Å². The number of phenolic OH excluding ortho intramolecular Hbond substituents is 1. The summed E-state index contributed by atoms with van der Waals surface area (Å²) in [7, 11) is 0. The van der Waals surface area contributed by atoms with Crippen LogP contribution < -0.4 is 15.8 Å². The van der Waals surface area contributed by atoms with Gasteiger partial charge in [-0.2, -0.15) is 10.2 Å². The summed E-state index contributed by atoms with van der Waals surface area (Å²) in [5, 5.41) is 21.7. The van der Waals surface area contributed by atoms with Gasteiger partial charge in [0.15, 0.2) is 0 Å². The SMILES string of the molecule is CC1CCN(c2nc3c(c(=O)[nH]2)C(c2ccc(O)cc2)C(C#N)C(=O)N3)CC1. The Labute approximate surface area is 161 Å². The molecule has 28 heavy (non-hydrogen) atoms. The Morgan fingerprint density at radius 3 is 2.54 bits per heavy atom. The molecule has 2 aliphatic rings. The number of hydrogen-bond acceptors (Lipinski definition) is 6. The summed E-state index contributed by atoms with van der Waals surface area (Å²) in [4.78, 5) is 34.9. The summed E-state index contributed by atoms with van der Waals surface area (Å²) >= 11 is 0. The maximum atomic E-state index is 13.0. The lowest BCUT2D eigenvalue weighted by molar-refractivity contribution is -0.119. The van der Waals surface area contributed by atoms with Gasteiger partial charge in [-0.25, -0.2) is 0 Å². The minimum Gasteiger partial charge on any atom is -0.508 e. The van der Waals surface area contributed by atoms with Crippen LogP contribution in [0, 0.1) is 23.2 Å². The minimum absolute atomic E-state index is 0.0689. The molecule has 0 saturated carbocycles. The van der Waals surface area contributed by atoms with Crippen LogP contribution in [0.5, 0.6) is 5.75 Å². The molecule has 0 aliphatic carbocycles. The number of rotatable bonds is 2. The number of phenols is 1. The molecule has 3 N–H and O–H groups in total. The van der Waals surface area contributed by atoms with Crippen LogP contribution in [0.3, 0.4) is 0 Å². The zero-order chi connectivity index (χ0) is 19.8. The number of aromatic hydroxyl groups is 1. The zero-order valence-corrected chi connectivity index (χ0v) is 15.5. The summed E-state index contributed by atoms with van der Waals surface area (Å²) in [6, 6.07) is 8.18. The Bertz CT molecular complexity index is 1000. The summed E-state index contributed by atoms with van der Waals surface area (Å²) in [6.07, 6.45) is 2.03. The molecule has 0 spiro atoms. The van der Waals surface area contributed by atoms with Gasteiger partial charge in [-0.3, -0.25) is 14.6 Å². The first-order valence-electron chi connectivity index (χ1n) is 9.36. The van der Waals surface area contributed by atoms with Crippen molar-refractivity contribution < 1.29 is 9.90 Å². The maximum absolute atomic E-state index is 13.0. The molecular formula is C20H21N5O3. The molecule has 4 rings (SSSR count). The van der Waals surface area contributed by atoms with Gasteiger partial charge in [0.05, 0.1) is 11.6 Å². The monoisotopic (exact) mass is 379 g/mol. The average molecular weight is 379 g/mol. The maximum Gasteiger partial charge on any atom is 0.258 e. The number of anilines is 2. The highest BCUT2D eigenvalue weighted by Crippen LogP contribution is 2.38. The van der Waals surface area contributed by atoms with Crippen molar-refractivity contribution in [2.24, 2.45) is 11.8 Å². The van der Waals surface area contributed by atoms with Gasteiger partial charge in [-0.05, 0) is 36.5 Å². The molecule has 0 bridgehead atoms. The molecule has 2 aliphatic heterocycles. The largest absolute Gasteiger partial charge is 0.508 e. The minimum atomic E-state index is -1.05. The molecule has 1 saturated heterocycles. The topological polar surface area (TPSA) is 122 Å². The van der Waals surface area contributed by atoms with Crippen molar-refractivity contribution in [2.75, 3.05) is 23.3 Å². The first-order valence-corrected chi connectivity index (χ1v) is 9.36. The predicted octanol–water partition coefficient (Wildman–Crippen LogP) is 1.94. The van der Waals surface area contributed by atoms with Crippen LogP contribution >= 0.6 is 0 Å². The predicted molar refractivity (Wildman–Crippen MR) is 103 cm³/mol. The number of carbonyl (C=O) groups is 1. The third-order valence-electron chi connectivity index (χ3n) is 5.59. The molecule has 2 atom stereocenters. The standard InChI is InChI=1S/C20H21N5O3/c1-11-6-8-25(9-7-11)20-23-17-16(19(28)24-20)15(14(10-21)18(27)22-17)12-2-4-13(26)5-3-12/h2-5,11,14-15,26H,6-9H2,1H3,(H2,22,23,24,27,28). The number of hydrogen-bond donors (Lipinski definition) is 3. The summed E-state index contributed by atoms with van der Waals surface area (Å²) in [5.41, 5.74) is 0.509. The number of piperidine rings is 1. The highest BCUT2D eigenvalue weighted by atomic mass is 16.3. The fourth-order valence-corrected chi connectivity index (χ4v) is 3.91. The number of aromatic amines is 1. The van der Waals surface area contributed by atoms with Gasteiger partial charge in [0.25, 0.3) is 5.56 Å². The van der Waals surface area contributed by atoms with Crippen molar-refractivity contribution in [3.63, 3.8) is 0 Å². The second kappa shape index (κ2) is 7.00. The van der Waals surface area contributed by atoms with Crippen molar-refractivity contribution in [1.82, 2.24) is 9.97 Å². The number of aromatic nitrogens is 2. The van der Waals surface area contributed by atoms with E-state index in [1.54, 1.807) is 12.1 Å². The summed E-state index contributed by atoms with van der Waals surface area (Å²) in [6.45, 7) is 3.78. The van der Waals surface area contributed by atoms with Gasteiger partial charge in [0.1, 0.15) is 17.5 Å². The van der Waals surface area contributed by atoms with Gasteiger partial charge in [0, 0.05) is 19.0 Å². The highest BCUT2D eigenvalue weighted by Gasteiger charge is 2.40. The van der Waals surface area contributed by atoms with Crippen molar-refractivity contribution in [3.8, 4) is 11.8 Å². The molecule has 144 valence electrons. The second-order valence-corrected chi connectivity index (χ2v) is 7.49. The second-order valence-electron chi connectivity index (χ2n) is 7.49. The smallest absolute Gasteiger partial charge is 0.258 e. The Morgan fingerprint density at radius 1 is 1.21 bits per heavy atom. The van der Waals surface area contributed by atoms with Crippen LogP contribution in [0.2, 0.25) is 0 Å². The molecular weight excluding hydrogens is 358 g/mol. The van der Waals surface area contributed by atoms with Crippen molar-refractivity contribution in [1.29, 1.82) is 5.26 Å². The van der Waals surface area contributed by atoms with Crippen LogP contribution in [-0.4, -0.2) is 34.1 Å². The number of nitriles is 1. The molecule has 2 aromatic rings.